The van der Waals surface area contributed by atoms with E-state index in [4.69, 9.17) is 16.3 Å². The monoisotopic (exact) mass is 311 g/mol. The number of rotatable bonds is 4. The Morgan fingerprint density at radius 2 is 2.00 bits per heavy atom. The Hall–Kier alpha value is -2.18. The van der Waals surface area contributed by atoms with Gasteiger partial charge in [-0.2, -0.15) is 0 Å². The maximum atomic E-state index is 13.2. The van der Waals surface area contributed by atoms with Gasteiger partial charge in [-0.15, -0.1) is 0 Å². The second-order valence-electron chi connectivity index (χ2n) is 4.33. The first-order valence-electron chi connectivity index (χ1n) is 5.98. The number of aliphatic hydroxyl groups is 1. The lowest BCUT2D eigenvalue weighted by Crippen LogP contribution is -1.99. The number of aliphatic hydroxyl groups excluding tert-OH is 1. The number of nitrogens with zero attached hydrogens (tertiary/aromatic N) is 1. The largest absolute Gasteiger partial charge is 0.450 e. The normalized spacial score (nSPS) is 12.0. The highest BCUT2D eigenvalue weighted by Crippen LogP contribution is 2.36. The van der Waals surface area contributed by atoms with Crippen molar-refractivity contribution in [3.05, 3.63) is 62.9 Å². The van der Waals surface area contributed by atoms with E-state index in [-0.39, 0.29) is 27.8 Å². The summed E-state index contributed by atoms with van der Waals surface area (Å²) in [4.78, 5) is 10.4. The average molecular weight is 312 g/mol. The maximum Gasteiger partial charge on any atom is 0.311 e. The predicted octanol–water partition coefficient (Wildman–Crippen LogP) is 4.23. The van der Waals surface area contributed by atoms with Crippen LogP contribution in [0.15, 0.2) is 36.4 Å². The van der Waals surface area contributed by atoms with Gasteiger partial charge in [0.2, 0.25) is 5.75 Å². The zero-order valence-corrected chi connectivity index (χ0v) is 11.7. The topological polar surface area (TPSA) is 72.6 Å². The minimum absolute atomic E-state index is 0.0824. The standard InChI is InChI=1S/C14H11ClFNO4/c1-8(18)11-7-10(16)3-5-13(11)21-14-6-9(15)2-4-12(14)17(19)20/h2-8,18H,1H3/t8-/m0/s1. The second-order valence-corrected chi connectivity index (χ2v) is 4.77. The van der Waals surface area contributed by atoms with E-state index >= 15 is 0 Å². The van der Waals surface area contributed by atoms with Gasteiger partial charge in [-0.25, -0.2) is 4.39 Å². The third-order valence-electron chi connectivity index (χ3n) is 2.76. The van der Waals surface area contributed by atoms with Gasteiger partial charge in [0.25, 0.3) is 0 Å². The number of nitro groups is 1. The SMILES string of the molecule is C[C@H](O)c1cc(F)ccc1Oc1cc(Cl)ccc1[N+](=O)[O-]. The van der Waals surface area contributed by atoms with E-state index in [1.54, 1.807) is 0 Å². The molecule has 0 radical (unpaired) electrons. The molecule has 0 aliphatic rings. The molecular formula is C14H11ClFNO4. The second kappa shape index (κ2) is 6.07. The zero-order chi connectivity index (χ0) is 15.6. The van der Waals surface area contributed by atoms with Crippen molar-refractivity contribution < 1.29 is 19.2 Å². The highest BCUT2D eigenvalue weighted by atomic mass is 35.5. The molecule has 21 heavy (non-hydrogen) atoms. The van der Waals surface area contributed by atoms with E-state index in [0.29, 0.717) is 0 Å². The first-order chi connectivity index (χ1) is 9.88. The maximum absolute atomic E-state index is 13.2. The lowest BCUT2D eigenvalue weighted by atomic mass is 10.1. The van der Waals surface area contributed by atoms with Crippen LogP contribution in [0.25, 0.3) is 0 Å². The summed E-state index contributed by atoms with van der Waals surface area (Å²) in [6.07, 6.45) is -0.992. The number of halogens is 2. The summed E-state index contributed by atoms with van der Waals surface area (Å²) >= 11 is 5.80. The van der Waals surface area contributed by atoms with Gasteiger partial charge in [0, 0.05) is 22.7 Å². The van der Waals surface area contributed by atoms with E-state index in [1.807, 2.05) is 0 Å². The van der Waals surface area contributed by atoms with Gasteiger partial charge in [-0.05, 0) is 31.2 Å². The molecule has 0 fully saturated rings. The molecule has 0 saturated heterocycles. The summed E-state index contributed by atoms with van der Waals surface area (Å²) in [5.41, 5.74) is -0.0930. The zero-order valence-electron chi connectivity index (χ0n) is 10.9. The molecule has 2 rings (SSSR count). The molecule has 0 aliphatic carbocycles. The summed E-state index contributed by atoms with van der Waals surface area (Å²) in [6, 6.07) is 7.40. The van der Waals surface area contributed by atoms with Crippen LogP contribution >= 0.6 is 11.6 Å². The molecule has 0 aliphatic heterocycles. The van der Waals surface area contributed by atoms with Crippen LogP contribution in [-0.2, 0) is 0 Å². The molecule has 0 heterocycles. The van der Waals surface area contributed by atoms with E-state index in [9.17, 15) is 19.6 Å². The van der Waals surface area contributed by atoms with Crippen LogP contribution in [0.5, 0.6) is 11.5 Å². The number of hydrogen-bond donors (Lipinski definition) is 1. The van der Waals surface area contributed by atoms with Crippen LogP contribution in [-0.4, -0.2) is 10.0 Å². The molecule has 1 atom stereocenters. The fourth-order valence-electron chi connectivity index (χ4n) is 1.78. The summed E-state index contributed by atoms with van der Waals surface area (Å²) in [5, 5.41) is 20.9. The van der Waals surface area contributed by atoms with E-state index in [0.717, 1.165) is 12.1 Å². The predicted molar refractivity (Wildman–Crippen MR) is 75.2 cm³/mol. The van der Waals surface area contributed by atoms with Gasteiger partial charge in [-0.3, -0.25) is 10.1 Å². The third-order valence-corrected chi connectivity index (χ3v) is 3.00. The van der Waals surface area contributed by atoms with Crippen molar-refractivity contribution in [2.24, 2.45) is 0 Å². The molecule has 0 amide bonds. The quantitative estimate of drug-likeness (QED) is 0.677. The molecule has 0 saturated carbocycles. The highest BCUT2D eigenvalue weighted by molar-refractivity contribution is 6.30. The van der Waals surface area contributed by atoms with Crippen molar-refractivity contribution in [3.8, 4) is 11.5 Å². The Morgan fingerprint density at radius 1 is 1.29 bits per heavy atom. The van der Waals surface area contributed by atoms with Gasteiger partial charge < -0.3 is 9.84 Å². The summed E-state index contributed by atoms with van der Waals surface area (Å²) < 4.78 is 18.7. The Kier molecular flexibility index (Phi) is 4.40. The molecule has 1 N–H and O–H groups in total. The number of hydrogen-bond acceptors (Lipinski definition) is 4. The number of nitro benzene ring substituents is 1. The Bertz CT molecular complexity index is 691. The van der Waals surface area contributed by atoms with Gasteiger partial charge in [-0.1, -0.05) is 11.6 Å². The molecule has 0 spiro atoms. The highest BCUT2D eigenvalue weighted by Gasteiger charge is 2.19. The Balaban J connectivity index is 2.47. The molecular weight excluding hydrogens is 301 g/mol. The smallest absolute Gasteiger partial charge is 0.311 e. The van der Waals surface area contributed by atoms with Gasteiger partial charge in [0.1, 0.15) is 11.6 Å². The molecule has 0 unspecified atom stereocenters. The molecule has 0 aromatic heterocycles. The van der Waals surface area contributed by atoms with Crippen LogP contribution in [0.1, 0.15) is 18.6 Å². The van der Waals surface area contributed by atoms with Crippen LogP contribution in [0, 0.1) is 15.9 Å². The third kappa shape index (κ3) is 3.48. The van der Waals surface area contributed by atoms with Gasteiger partial charge in [0.15, 0.2) is 0 Å². The molecule has 2 aromatic carbocycles. The van der Waals surface area contributed by atoms with Crippen molar-refractivity contribution in [3.63, 3.8) is 0 Å². The minimum Gasteiger partial charge on any atom is -0.450 e. The van der Waals surface area contributed by atoms with E-state index in [2.05, 4.69) is 0 Å². The lowest BCUT2D eigenvalue weighted by Gasteiger charge is -2.13. The molecule has 5 nitrogen and oxygen atoms in total. The fraction of sp³-hybridized carbons (Fsp3) is 0.143. The van der Waals surface area contributed by atoms with Crippen LogP contribution in [0.3, 0.4) is 0 Å². The Morgan fingerprint density at radius 3 is 2.62 bits per heavy atom. The van der Waals surface area contributed by atoms with Crippen molar-refractivity contribution in [2.75, 3.05) is 0 Å². The molecule has 110 valence electrons. The van der Waals surface area contributed by atoms with Crippen LogP contribution in [0.2, 0.25) is 5.02 Å². The minimum atomic E-state index is -0.992. The first kappa shape index (κ1) is 15.2. The van der Waals surface area contributed by atoms with Crippen LogP contribution < -0.4 is 4.74 Å². The van der Waals surface area contributed by atoms with E-state index in [1.165, 1.54) is 31.2 Å². The van der Waals surface area contributed by atoms with Crippen molar-refractivity contribution in [2.45, 2.75) is 13.0 Å². The van der Waals surface area contributed by atoms with Crippen LogP contribution in [0.4, 0.5) is 10.1 Å². The molecule has 0 bridgehead atoms. The lowest BCUT2D eigenvalue weighted by molar-refractivity contribution is -0.385. The fourth-order valence-corrected chi connectivity index (χ4v) is 1.94. The van der Waals surface area contributed by atoms with Crippen molar-refractivity contribution in [1.82, 2.24) is 0 Å². The number of benzene rings is 2. The molecule has 7 heteroatoms. The average Bonchev–Trinajstić information content (AvgIpc) is 2.40. The summed E-state index contributed by atoms with van der Waals surface area (Å²) in [5.74, 6) is -0.503. The Labute approximate surface area is 124 Å². The van der Waals surface area contributed by atoms with Crippen molar-refractivity contribution in [1.29, 1.82) is 0 Å². The number of ether oxygens (including phenoxy) is 1. The van der Waals surface area contributed by atoms with E-state index < -0.39 is 16.8 Å². The van der Waals surface area contributed by atoms with Gasteiger partial charge in [0.05, 0.1) is 11.0 Å². The summed E-state index contributed by atoms with van der Waals surface area (Å²) in [6.45, 7) is 1.44. The summed E-state index contributed by atoms with van der Waals surface area (Å²) in [7, 11) is 0. The first-order valence-corrected chi connectivity index (χ1v) is 6.35. The van der Waals surface area contributed by atoms with Crippen molar-refractivity contribution >= 4 is 17.3 Å². The van der Waals surface area contributed by atoms with Gasteiger partial charge >= 0.3 is 5.69 Å². The molecule has 2 aromatic rings.